The molecular formula is C17H22N4O4. The number of hydrogen-bond acceptors (Lipinski definition) is 6. The van der Waals surface area contributed by atoms with Gasteiger partial charge < -0.3 is 14.8 Å². The molecule has 0 bridgehead atoms. The molecule has 2 unspecified atom stereocenters. The van der Waals surface area contributed by atoms with Gasteiger partial charge in [-0.15, -0.1) is 0 Å². The van der Waals surface area contributed by atoms with Crippen LogP contribution in [0.1, 0.15) is 51.3 Å². The molecule has 8 nitrogen and oxygen atoms in total. The molecule has 8 heteroatoms. The number of amides is 1. The fourth-order valence-corrected chi connectivity index (χ4v) is 2.97. The van der Waals surface area contributed by atoms with E-state index in [1.54, 1.807) is 4.52 Å². The third-order valence-corrected chi connectivity index (χ3v) is 4.13. The number of fused-ring (bicyclic) bond motifs is 1. The summed E-state index contributed by atoms with van der Waals surface area (Å²) in [5.74, 6) is 0.124. The van der Waals surface area contributed by atoms with Crippen molar-refractivity contribution in [1.82, 2.24) is 14.6 Å². The van der Waals surface area contributed by atoms with E-state index in [9.17, 15) is 9.59 Å². The zero-order valence-corrected chi connectivity index (χ0v) is 14.4. The monoisotopic (exact) mass is 346 g/mol. The van der Waals surface area contributed by atoms with Crippen LogP contribution in [0.25, 0.3) is 5.52 Å². The van der Waals surface area contributed by atoms with Crippen molar-refractivity contribution >= 4 is 23.2 Å². The molecule has 1 fully saturated rings. The average Bonchev–Trinajstić information content (AvgIpc) is 3.20. The normalized spacial score (nSPS) is 19.9. The van der Waals surface area contributed by atoms with Crippen LogP contribution in [0.4, 0.5) is 5.82 Å². The summed E-state index contributed by atoms with van der Waals surface area (Å²) in [6.07, 6.45) is 4.05. The second-order valence-electron chi connectivity index (χ2n) is 6.09. The van der Waals surface area contributed by atoms with E-state index in [0.29, 0.717) is 12.2 Å². The summed E-state index contributed by atoms with van der Waals surface area (Å²) < 4.78 is 12.7. The summed E-state index contributed by atoms with van der Waals surface area (Å²) in [6.45, 7) is 3.61. The molecule has 2 aromatic heterocycles. The zero-order chi connectivity index (χ0) is 17.8. The van der Waals surface area contributed by atoms with Crippen LogP contribution in [-0.2, 0) is 19.1 Å². The number of ether oxygens (including phenoxy) is 2. The number of rotatable bonds is 6. The Bertz CT molecular complexity index is 773. The van der Waals surface area contributed by atoms with Gasteiger partial charge in [0.05, 0.1) is 11.8 Å². The van der Waals surface area contributed by atoms with Crippen molar-refractivity contribution < 1.29 is 19.1 Å². The third-order valence-electron chi connectivity index (χ3n) is 4.13. The Kier molecular flexibility index (Phi) is 5.28. The van der Waals surface area contributed by atoms with Crippen LogP contribution in [0.5, 0.6) is 0 Å². The lowest BCUT2D eigenvalue weighted by molar-refractivity contribution is -0.145. The molecular weight excluding hydrogens is 324 g/mol. The summed E-state index contributed by atoms with van der Waals surface area (Å²) in [6, 6.07) is 3.80. The standard InChI is InChI=1S/C17H22N4O4/c1-3-4-16(23)20-17-14-7-6-13(21(14)19-10-18-17)15-8-5-12(25-15)9-24-11(2)22/h6-7,10,12,15H,3-5,8-9H2,1-2H3,(H,18,19,20,23). The molecule has 0 radical (unpaired) electrons. The van der Waals surface area contributed by atoms with E-state index in [4.69, 9.17) is 9.47 Å². The van der Waals surface area contributed by atoms with Gasteiger partial charge in [-0.05, 0) is 31.4 Å². The van der Waals surface area contributed by atoms with E-state index in [2.05, 4.69) is 15.4 Å². The summed E-state index contributed by atoms with van der Waals surface area (Å²) in [7, 11) is 0. The summed E-state index contributed by atoms with van der Waals surface area (Å²) in [5, 5.41) is 7.11. The average molecular weight is 346 g/mol. The number of anilines is 1. The van der Waals surface area contributed by atoms with Crippen LogP contribution < -0.4 is 5.32 Å². The SMILES string of the molecule is CCCC(=O)Nc1ncnn2c(C3CCC(COC(C)=O)O3)ccc12. The predicted octanol–water partition coefficient (Wildman–Crippen LogP) is 2.25. The van der Waals surface area contributed by atoms with Crippen molar-refractivity contribution in [2.45, 2.75) is 51.7 Å². The van der Waals surface area contributed by atoms with Crippen LogP contribution in [0, 0.1) is 0 Å². The highest BCUT2D eigenvalue weighted by atomic mass is 16.6. The van der Waals surface area contributed by atoms with Crippen LogP contribution in [0.2, 0.25) is 0 Å². The molecule has 2 aromatic rings. The molecule has 134 valence electrons. The fourth-order valence-electron chi connectivity index (χ4n) is 2.97. The Hall–Kier alpha value is -2.48. The Balaban J connectivity index is 1.75. The number of nitrogens with one attached hydrogen (secondary N) is 1. The van der Waals surface area contributed by atoms with Crippen molar-refractivity contribution in [1.29, 1.82) is 0 Å². The number of hydrogen-bond donors (Lipinski definition) is 1. The number of aromatic nitrogens is 3. The molecule has 3 heterocycles. The van der Waals surface area contributed by atoms with Gasteiger partial charge in [0, 0.05) is 13.3 Å². The van der Waals surface area contributed by atoms with Gasteiger partial charge in [0.15, 0.2) is 5.82 Å². The minimum Gasteiger partial charge on any atom is -0.463 e. The van der Waals surface area contributed by atoms with Gasteiger partial charge in [-0.3, -0.25) is 9.59 Å². The van der Waals surface area contributed by atoms with E-state index in [0.717, 1.165) is 30.5 Å². The van der Waals surface area contributed by atoms with E-state index in [1.807, 2.05) is 19.1 Å². The zero-order valence-electron chi connectivity index (χ0n) is 14.4. The van der Waals surface area contributed by atoms with Gasteiger partial charge in [-0.25, -0.2) is 9.50 Å². The quantitative estimate of drug-likeness (QED) is 0.806. The number of carbonyl (C=O) groups is 2. The lowest BCUT2D eigenvalue weighted by Crippen LogP contribution is -2.17. The third kappa shape index (κ3) is 3.96. The van der Waals surface area contributed by atoms with Crippen molar-refractivity contribution in [2.24, 2.45) is 0 Å². The van der Waals surface area contributed by atoms with Gasteiger partial charge in [0.1, 0.15) is 24.6 Å². The lowest BCUT2D eigenvalue weighted by atomic mass is 10.1. The molecule has 0 spiro atoms. The Labute approximate surface area is 145 Å². The Morgan fingerprint density at radius 2 is 2.24 bits per heavy atom. The van der Waals surface area contributed by atoms with Crippen LogP contribution in [0.15, 0.2) is 18.5 Å². The number of nitrogens with zero attached hydrogens (tertiary/aromatic N) is 3. The maximum Gasteiger partial charge on any atom is 0.302 e. The van der Waals surface area contributed by atoms with Gasteiger partial charge in [-0.2, -0.15) is 5.10 Å². The van der Waals surface area contributed by atoms with Gasteiger partial charge in [0.25, 0.3) is 0 Å². The Morgan fingerprint density at radius 3 is 3.00 bits per heavy atom. The minimum absolute atomic E-state index is 0.0654. The van der Waals surface area contributed by atoms with Gasteiger partial charge >= 0.3 is 5.97 Å². The molecule has 0 saturated carbocycles. The molecule has 3 rings (SSSR count). The maximum absolute atomic E-state index is 11.8. The first kappa shape index (κ1) is 17.3. The molecule has 1 aliphatic rings. The highest BCUT2D eigenvalue weighted by Crippen LogP contribution is 2.34. The second kappa shape index (κ2) is 7.60. The minimum atomic E-state index is -0.305. The molecule has 1 aliphatic heterocycles. The molecule has 1 saturated heterocycles. The Morgan fingerprint density at radius 1 is 1.40 bits per heavy atom. The van der Waals surface area contributed by atoms with Gasteiger partial charge in [-0.1, -0.05) is 6.92 Å². The van der Waals surface area contributed by atoms with E-state index in [-0.39, 0.29) is 30.7 Å². The number of carbonyl (C=O) groups excluding carboxylic acids is 2. The molecule has 0 aliphatic carbocycles. The van der Waals surface area contributed by atoms with Crippen LogP contribution in [0.3, 0.4) is 0 Å². The van der Waals surface area contributed by atoms with E-state index < -0.39 is 0 Å². The van der Waals surface area contributed by atoms with Crippen molar-refractivity contribution in [3.05, 3.63) is 24.2 Å². The fraction of sp³-hybridized carbons (Fsp3) is 0.529. The first-order valence-electron chi connectivity index (χ1n) is 8.49. The summed E-state index contributed by atoms with van der Waals surface area (Å²) in [4.78, 5) is 26.9. The van der Waals surface area contributed by atoms with Crippen LogP contribution in [-0.4, -0.2) is 39.2 Å². The first-order chi connectivity index (χ1) is 12.1. The summed E-state index contributed by atoms with van der Waals surface area (Å²) >= 11 is 0. The number of esters is 1. The second-order valence-corrected chi connectivity index (χ2v) is 6.09. The van der Waals surface area contributed by atoms with Gasteiger partial charge in [0.2, 0.25) is 5.91 Å². The summed E-state index contributed by atoms with van der Waals surface area (Å²) in [5.41, 5.74) is 1.63. The largest absolute Gasteiger partial charge is 0.463 e. The van der Waals surface area contributed by atoms with Crippen molar-refractivity contribution in [3.8, 4) is 0 Å². The van der Waals surface area contributed by atoms with Crippen molar-refractivity contribution in [2.75, 3.05) is 11.9 Å². The molecule has 25 heavy (non-hydrogen) atoms. The molecule has 2 atom stereocenters. The van der Waals surface area contributed by atoms with E-state index >= 15 is 0 Å². The first-order valence-corrected chi connectivity index (χ1v) is 8.49. The smallest absolute Gasteiger partial charge is 0.302 e. The van der Waals surface area contributed by atoms with Crippen molar-refractivity contribution in [3.63, 3.8) is 0 Å². The van der Waals surface area contributed by atoms with Crippen LogP contribution >= 0.6 is 0 Å². The maximum atomic E-state index is 11.8. The molecule has 0 aromatic carbocycles. The predicted molar refractivity (Wildman–Crippen MR) is 90.0 cm³/mol. The highest BCUT2D eigenvalue weighted by molar-refractivity contribution is 5.93. The lowest BCUT2D eigenvalue weighted by Gasteiger charge is -2.14. The topological polar surface area (TPSA) is 94.8 Å². The highest BCUT2D eigenvalue weighted by Gasteiger charge is 2.29. The molecule has 1 amide bonds. The van der Waals surface area contributed by atoms with E-state index in [1.165, 1.54) is 13.3 Å². The molecule has 1 N–H and O–H groups in total.